The van der Waals surface area contributed by atoms with Gasteiger partial charge in [-0.15, -0.1) is 0 Å². The molecule has 1 saturated heterocycles. The number of aromatic nitrogens is 2. The predicted octanol–water partition coefficient (Wildman–Crippen LogP) is 2.05. The summed E-state index contributed by atoms with van der Waals surface area (Å²) in [4.78, 5) is 4.46. The van der Waals surface area contributed by atoms with Crippen LogP contribution in [0, 0.1) is 0 Å². The van der Waals surface area contributed by atoms with Crippen LogP contribution in [-0.4, -0.2) is 28.9 Å². The Morgan fingerprint density at radius 1 is 1.45 bits per heavy atom. The lowest BCUT2D eigenvalue weighted by Gasteiger charge is -2.18. The molecule has 1 aliphatic heterocycles. The molecule has 6 nitrogen and oxygen atoms in total. The zero-order valence-electron chi connectivity index (χ0n) is 11.5. The van der Waals surface area contributed by atoms with Gasteiger partial charge in [-0.1, -0.05) is 5.16 Å². The smallest absolute Gasteiger partial charge is 0.246 e. The molecule has 1 aromatic carbocycles. The van der Waals surface area contributed by atoms with E-state index in [1.807, 2.05) is 0 Å². The van der Waals surface area contributed by atoms with E-state index in [2.05, 4.69) is 22.4 Å². The molecule has 2 aromatic rings. The summed E-state index contributed by atoms with van der Waals surface area (Å²) in [5.41, 5.74) is 0.503. The van der Waals surface area contributed by atoms with Crippen LogP contribution in [0.4, 0.5) is 0 Å². The number of methoxy groups -OCH3 is 1. The summed E-state index contributed by atoms with van der Waals surface area (Å²) in [5.74, 6) is 1.56. The SMILES string of the molecule is COc1cc(-c2noc(C3(C)CCCN3)n2)ccc1O. The summed E-state index contributed by atoms with van der Waals surface area (Å²) in [6, 6.07) is 4.98. The van der Waals surface area contributed by atoms with Gasteiger partial charge >= 0.3 is 0 Å². The highest BCUT2D eigenvalue weighted by atomic mass is 16.5. The lowest BCUT2D eigenvalue weighted by Crippen LogP contribution is -2.33. The van der Waals surface area contributed by atoms with Crippen LogP contribution in [0.3, 0.4) is 0 Å². The fourth-order valence-electron chi connectivity index (χ4n) is 2.46. The van der Waals surface area contributed by atoms with E-state index in [-0.39, 0.29) is 11.3 Å². The summed E-state index contributed by atoms with van der Waals surface area (Å²) >= 11 is 0. The number of hydrogen-bond donors (Lipinski definition) is 2. The molecule has 1 aliphatic rings. The molecule has 1 atom stereocenters. The topological polar surface area (TPSA) is 80.4 Å². The summed E-state index contributed by atoms with van der Waals surface area (Å²) < 4.78 is 10.5. The molecule has 0 bridgehead atoms. The van der Waals surface area contributed by atoms with Gasteiger partial charge in [0.1, 0.15) is 0 Å². The molecule has 6 heteroatoms. The molecule has 1 aromatic heterocycles. The highest BCUT2D eigenvalue weighted by Crippen LogP contribution is 2.33. The van der Waals surface area contributed by atoms with Crippen molar-refractivity contribution in [3.63, 3.8) is 0 Å². The molecule has 2 heterocycles. The first-order valence-electron chi connectivity index (χ1n) is 6.59. The van der Waals surface area contributed by atoms with Gasteiger partial charge in [-0.25, -0.2) is 0 Å². The average Bonchev–Trinajstić information content (AvgIpc) is 3.09. The number of nitrogens with one attached hydrogen (secondary N) is 1. The number of rotatable bonds is 3. The average molecular weight is 275 g/mol. The van der Waals surface area contributed by atoms with Gasteiger partial charge in [0.15, 0.2) is 11.5 Å². The maximum Gasteiger partial charge on any atom is 0.246 e. The first-order chi connectivity index (χ1) is 9.62. The van der Waals surface area contributed by atoms with E-state index < -0.39 is 0 Å². The van der Waals surface area contributed by atoms with Crippen LogP contribution < -0.4 is 10.1 Å². The van der Waals surface area contributed by atoms with Crippen molar-refractivity contribution in [2.75, 3.05) is 13.7 Å². The third-order valence-electron chi connectivity index (χ3n) is 3.70. The molecule has 0 aliphatic carbocycles. The zero-order chi connectivity index (χ0) is 14.2. The second kappa shape index (κ2) is 4.79. The van der Waals surface area contributed by atoms with Gasteiger partial charge in [-0.3, -0.25) is 0 Å². The number of phenols is 1. The Hall–Kier alpha value is -2.08. The molecular weight excluding hydrogens is 258 g/mol. The van der Waals surface area contributed by atoms with Crippen molar-refractivity contribution in [2.24, 2.45) is 0 Å². The number of phenolic OH excluding ortho intramolecular Hbond substituents is 1. The Balaban J connectivity index is 1.94. The summed E-state index contributed by atoms with van der Waals surface area (Å²) in [6.45, 7) is 3.02. The number of benzene rings is 1. The van der Waals surface area contributed by atoms with Gasteiger partial charge in [0.25, 0.3) is 0 Å². The van der Waals surface area contributed by atoms with Crippen LogP contribution >= 0.6 is 0 Å². The van der Waals surface area contributed by atoms with Crippen molar-refractivity contribution in [2.45, 2.75) is 25.3 Å². The minimum atomic E-state index is -0.244. The summed E-state index contributed by atoms with van der Waals surface area (Å²) in [7, 11) is 1.50. The Morgan fingerprint density at radius 2 is 2.30 bits per heavy atom. The lowest BCUT2D eigenvalue weighted by molar-refractivity contribution is 0.275. The largest absolute Gasteiger partial charge is 0.504 e. The fraction of sp³-hybridized carbons (Fsp3) is 0.429. The third-order valence-corrected chi connectivity index (χ3v) is 3.70. The standard InChI is InChI=1S/C14H17N3O3/c1-14(6-3-7-15-14)13-16-12(17-20-13)9-4-5-10(18)11(8-9)19-2/h4-5,8,15,18H,3,6-7H2,1-2H3. The quantitative estimate of drug-likeness (QED) is 0.892. The zero-order valence-corrected chi connectivity index (χ0v) is 11.5. The fourth-order valence-corrected chi connectivity index (χ4v) is 2.46. The van der Waals surface area contributed by atoms with Gasteiger partial charge in [-0.2, -0.15) is 4.98 Å². The number of hydrogen-bond acceptors (Lipinski definition) is 6. The first-order valence-corrected chi connectivity index (χ1v) is 6.59. The van der Waals surface area contributed by atoms with E-state index in [1.54, 1.807) is 18.2 Å². The van der Waals surface area contributed by atoms with Gasteiger partial charge in [0.2, 0.25) is 11.7 Å². The van der Waals surface area contributed by atoms with Crippen molar-refractivity contribution >= 4 is 0 Å². The van der Waals surface area contributed by atoms with Gasteiger partial charge in [0, 0.05) is 5.56 Å². The maximum atomic E-state index is 9.60. The Labute approximate surface area is 116 Å². The second-order valence-corrected chi connectivity index (χ2v) is 5.17. The molecule has 0 spiro atoms. The van der Waals surface area contributed by atoms with Gasteiger partial charge in [0.05, 0.1) is 12.6 Å². The lowest BCUT2D eigenvalue weighted by atomic mass is 10.0. The third kappa shape index (κ3) is 2.12. The van der Waals surface area contributed by atoms with Crippen molar-refractivity contribution in [1.29, 1.82) is 0 Å². The summed E-state index contributed by atoms with van der Waals surface area (Å²) in [6.07, 6.45) is 2.08. The minimum absolute atomic E-state index is 0.0874. The van der Waals surface area contributed by atoms with E-state index in [1.165, 1.54) is 7.11 Å². The molecule has 1 fully saturated rings. The normalized spacial score (nSPS) is 22.1. The van der Waals surface area contributed by atoms with E-state index in [4.69, 9.17) is 9.26 Å². The van der Waals surface area contributed by atoms with Gasteiger partial charge < -0.3 is 19.7 Å². The number of ether oxygens (including phenoxy) is 1. The van der Waals surface area contributed by atoms with Crippen molar-refractivity contribution < 1.29 is 14.4 Å². The van der Waals surface area contributed by atoms with Crippen molar-refractivity contribution in [3.8, 4) is 22.9 Å². The van der Waals surface area contributed by atoms with Crippen molar-refractivity contribution in [1.82, 2.24) is 15.5 Å². The van der Waals surface area contributed by atoms with Crippen LogP contribution in [0.25, 0.3) is 11.4 Å². The molecule has 0 amide bonds. The minimum Gasteiger partial charge on any atom is -0.504 e. The molecular formula is C14H17N3O3. The van der Waals surface area contributed by atoms with Crippen LogP contribution in [0.5, 0.6) is 11.5 Å². The Kier molecular flexibility index (Phi) is 3.10. The highest BCUT2D eigenvalue weighted by Gasteiger charge is 2.35. The number of aromatic hydroxyl groups is 1. The highest BCUT2D eigenvalue weighted by molar-refractivity contribution is 5.60. The molecule has 0 radical (unpaired) electrons. The molecule has 3 rings (SSSR count). The van der Waals surface area contributed by atoms with E-state index in [0.717, 1.165) is 24.9 Å². The Bertz CT molecular complexity index is 618. The van der Waals surface area contributed by atoms with Crippen molar-refractivity contribution in [3.05, 3.63) is 24.1 Å². The summed E-state index contributed by atoms with van der Waals surface area (Å²) in [5, 5.41) is 17.0. The van der Waals surface area contributed by atoms with E-state index in [9.17, 15) is 5.11 Å². The number of nitrogens with zero attached hydrogens (tertiary/aromatic N) is 2. The monoisotopic (exact) mass is 275 g/mol. The molecule has 1 unspecified atom stereocenters. The van der Waals surface area contributed by atoms with Crippen LogP contribution in [0.15, 0.2) is 22.7 Å². The van der Waals surface area contributed by atoms with Gasteiger partial charge in [-0.05, 0) is 44.5 Å². The molecule has 20 heavy (non-hydrogen) atoms. The Morgan fingerprint density at radius 3 is 3.00 bits per heavy atom. The van der Waals surface area contributed by atoms with Crippen LogP contribution in [-0.2, 0) is 5.54 Å². The van der Waals surface area contributed by atoms with Crippen LogP contribution in [0.2, 0.25) is 0 Å². The van der Waals surface area contributed by atoms with Crippen LogP contribution in [0.1, 0.15) is 25.7 Å². The first kappa shape index (κ1) is 12.9. The molecule has 106 valence electrons. The van der Waals surface area contributed by atoms with E-state index >= 15 is 0 Å². The molecule has 2 N–H and O–H groups in total. The predicted molar refractivity (Wildman–Crippen MR) is 72.5 cm³/mol. The second-order valence-electron chi connectivity index (χ2n) is 5.17. The maximum absolute atomic E-state index is 9.60. The van der Waals surface area contributed by atoms with E-state index in [0.29, 0.717) is 17.5 Å². The molecule has 0 saturated carbocycles.